The largest absolute Gasteiger partial charge is 0.496 e. The number of esters is 1. The summed E-state index contributed by atoms with van der Waals surface area (Å²) in [4.78, 5) is 17.6. The Labute approximate surface area is 243 Å². The Kier molecular flexibility index (Phi) is 9.93. The number of hydrogen-bond donors (Lipinski definition) is 0. The number of benzene rings is 1. The maximum Gasteiger partial charge on any atom is 0.306 e. The van der Waals surface area contributed by atoms with Crippen LogP contribution in [0.4, 0.5) is 0 Å². The highest BCUT2D eigenvalue weighted by molar-refractivity contribution is 5.71. The molecule has 1 atom stereocenters. The molecular formula is C33H43N3O5. The van der Waals surface area contributed by atoms with Gasteiger partial charge in [-0.25, -0.2) is 4.68 Å². The summed E-state index contributed by atoms with van der Waals surface area (Å²) in [5, 5.41) is 4.75. The molecule has 3 aromatic rings. The zero-order valence-electron chi connectivity index (χ0n) is 24.7. The van der Waals surface area contributed by atoms with Crippen LogP contribution >= 0.6 is 0 Å². The van der Waals surface area contributed by atoms with Gasteiger partial charge in [-0.15, -0.1) is 0 Å². The van der Waals surface area contributed by atoms with Crippen molar-refractivity contribution in [2.24, 2.45) is 7.05 Å². The summed E-state index contributed by atoms with van der Waals surface area (Å²) in [7, 11) is 3.57. The summed E-state index contributed by atoms with van der Waals surface area (Å²) in [5.41, 5.74) is 6.85. The van der Waals surface area contributed by atoms with Gasteiger partial charge in [-0.3, -0.25) is 9.78 Å². The number of hydrogen-bond acceptors (Lipinski definition) is 7. The third-order valence-corrected chi connectivity index (χ3v) is 8.29. The lowest BCUT2D eigenvalue weighted by molar-refractivity contribution is -0.143. The van der Waals surface area contributed by atoms with Crippen LogP contribution in [0.15, 0.2) is 36.4 Å². The number of rotatable bonds is 12. The fourth-order valence-electron chi connectivity index (χ4n) is 6.09. The first-order valence-corrected chi connectivity index (χ1v) is 15.1. The summed E-state index contributed by atoms with van der Waals surface area (Å²) in [6.45, 7) is 4.26. The van der Waals surface area contributed by atoms with Crippen LogP contribution in [0.25, 0.3) is 0 Å². The van der Waals surface area contributed by atoms with E-state index in [1.165, 1.54) is 29.7 Å². The minimum Gasteiger partial charge on any atom is -0.496 e. The maximum atomic E-state index is 12.7. The van der Waals surface area contributed by atoms with E-state index in [2.05, 4.69) is 24.3 Å². The predicted octanol–water partition coefficient (Wildman–Crippen LogP) is 5.50. The highest BCUT2D eigenvalue weighted by Gasteiger charge is 2.25. The third kappa shape index (κ3) is 7.47. The van der Waals surface area contributed by atoms with E-state index in [-0.39, 0.29) is 18.3 Å². The number of pyridine rings is 1. The van der Waals surface area contributed by atoms with Crippen molar-refractivity contribution in [3.8, 4) is 11.6 Å². The van der Waals surface area contributed by atoms with Crippen LogP contribution in [0, 0.1) is 0 Å². The van der Waals surface area contributed by atoms with Crippen molar-refractivity contribution < 1.29 is 23.7 Å². The molecule has 0 bridgehead atoms. The van der Waals surface area contributed by atoms with Crippen LogP contribution in [0.5, 0.6) is 11.6 Å². The number of aryl methyl sites for hydroxylation is 3. The molecule has 8 heteroatoms. The molecule has 1 aliphatic heterocycles. The molecule has 220 valence electrons. The Morgan fingerprint density at radius 1 is 1.10 bits per heavy atom. The number of fused-ring (bicyclic) bond motifs is 1. The van der Waals surface area contributed by atoms with Gasteiger partial charge in [0, 0.05) is 50.1 Å². The molecule has 1 aliphatic carbocycles. The fourth-order valence-corrected chi connectivity index (χ4v) is 6.09. The smallest absolute Gasteiger partial charge is 0.306 e. The first-order valence-electron chi connectivity index (χ1n) is 15.1. The van der Waals surface area contributed by atoms with E-state index in [0.717, 1.165) is 68.0 Å². The highest BCUT2D eigenvalue weighted by Crippen LogP contribution is 2.37. The molecule has 8 nitrogen and oxygen atoms in total. The Balaban J connectivity index is 1.30. The lowest BCUT2D eigenvalue weighted by Gasteiger charge is -2.25. The van der Waals surface area contributed by atoms with Gasteiger partial charge in [0.15, 0.2) is 0 Å². The molecule has 0 radical (unpaired) electrons. The number of carbonyl (C=O) groups is 1. The minimum atomic E-state index is -0.221. The van der Waals surface area contributed by atoms with Crippen LogP contribution in [0.3, 0.4) is 0 Å². The number of methoxy groups -OCH3 is 1. The van der Waals surface area contributed by atoms with Crippen molar-refractivity contribution in [3.63, 3.8) is 0 Å². The summed E-state index contributed by atoms with van der Waals surface area (Å²) in [6, 6.07) is 12.7. The van der Waals surface area contributed by atoms with Gasteiger partial charge in [-0.05, 0) is 86.6 Å². The van der Waals surface area contributed by atoms with E-state index in [1.807, 2.05) is 26.1 Å². The van der Waals surface area contributed by atoms with E-state index in [4.69, 9.17) is 29.0 Å². The van der Waals surface area contributed by atoms with Crippen LogP contribution in [0.2, 0.25) is 0 Å². The van der Waals surface area contributed by atoms with Crippen LogP contribution in [-0.2, 0) is 47.0 Å². The molecule has 1 fully saturated rings. The standard InChI is InChI=1S/C33H43N3O5/c1-4-40-33(37)21-26(29-20-25(10-12-31(29)38-3)23-13-16-39-17-14-23)19-28-22-32(36(2)35-28)41-18-15-27-11-9-24-7-5-6-8-30(24)34-27/h9-12,20,22-23,26H,4-8,13-19,21H2,1-3H3. The SMILES string of the molecule is CCOC(=O)CC(Cc1cc(OCCc2ccc3c(n2)CCCC3)n(C)n1)c1cc(C2CCOCC2)ccc1OC. The van der Waals surface area contributed by atoms with Crippen LogP contribution in [0.1, 0.15) is 84.6 Å². The van der Waals surface area contributed by atoms with Crippen molar-refractivity contribution in [2.45, 2.75) is 76.5 Å². The average molecular weight is 562 g/mol. The second kappa shape index (κ2) is 14.0. The molecule has 1 aromatic carbocycles. The quantitative estimate of drug-likeness (QED) is 0.270. The molecule has 0 saturated carbocycles. The molecule has 1 saturated heterocycles. The van der Waals surface area contributed by atoms with E-state index in [1.54, 1.807) is 11.8 Å². The molecule has 1 unspecified atom stereocenters. The predicted molar refractivity (Wildman–Crippen MR) is 157 cm³/mol. The Bertz CT molecular complexity index is 1310. The molecule has 41 heavy (non-hydrogen) atoms. The number of ether oxygens (including phenoxy) is 4. The molecule has 0 amide bonds. The Morgan fingerprint density at radius 3 is 2.73 bits per heavy atom. The summed E-state index contributed by atoms with van der Waals surface area (Å²) < 4.78 is 24.6. The number of carbonyl (C=O) groups excluding carboxylic acids is 1. The summed E-state index contributed by atoms with van der Waals surface area (Å²) in [6.07, 6.45) is 8.25. The highest BCUT2D eigenvalue weighted by atomic mass is 16.5. The van der Waals surface area contributed by atoms with Gasteiger partial charge in [0.05, 0.1) is 32.4 Å². The Hall–Kier alpha value is -3.39. The van der Waals surface area contributed by atoms with Gasteiger partial charge >= 0.3 is 5.97 Å². The third-order valence-electron chi connectivity index (χ3n) is 8.29. The normalized spacial score (nSPS) is 16.2. The van der Waals surface area contributed by atoms with Gasteiger partial charge in [-0.1, -0.05) is 18.2 Å². The molecule has 0 spiro atoms. The monoisotopic (exact) mass is 561 g/mol. The van der Waals surface area contributed by atoms with E-state index < -0.39 is 0 Å². The lowest BCUT2D eigenvalue weighted by Crippen LogP contribution is -2.16. The second-order valence-electron chi connectivity index (χ2n) is 11.1. The van der Waals surface area contributed by atoms with E-state index >= 15 is 0 Å². The second-order valence-corrected chi connectivity index (χ2v) is 11.1. The maximum absolute atomic E-state index is 12.7. The number of aromatic nitrogens is 3. The van der Waals surface area contributed by atoms with Crippen LogP contribution in [-0.4, -0.2) is 54.3 Å². The van der Waals surface area contributed by atoms with Gasteiger partial charge < -0.3 is 18.9 Å². The van der Waals surface area contributed by atoms with Crippen molar-refractivity contribution >= 4 is 5.97 Å². The Morgan fingerprint density at radius 2 is 1.93 bits per heavy atom. The molecule has 3 heterocycles. The van der Waals surface area contributed by atoms with Crippen molar-refractivity contribution in [1.82, 2.24) is 14.8 Å². The lowest BCUT2D eigenvalue weighted by atomic mass is 9.85. The van der Waals surface area contributed by atoms with Gasteiger partial charge in [0.2, 0.25) is 5.88 Å². The molecule has 0 N–H and O–H groups in total. The first kappa shape index (κ1) is 29.1. The molecule has 2 aromatic heterocycles. The summed E-state index contributed by atoms with van der Waals surface area (Å²) >= 11 is 0. The van der Waals surface area contributed by atoms with Gasteiger partial charge in [0.1, 0.15) is 5.75 Å². The van der Waals surface area contributed by atoms with Crippen molar-refractivity contribution in [3.05, 3.63) is 70.2 Å². The average Bonchev–Trinajstić information content (AvgIpc) is 3.35. The number of nitrogens with zero attached hydrogens (tertiary/aromatic N) is 3. The minimum absolute atomic E-state index is 0.147. The van der Waals surface area contributed by atoms with Crippen molar-refractivity contribution in [1.29, 1.82) is 0 Å². The molecule has 2 aliphatic rings. The molecular weight excluding hydrogens is 518 g/mol. The van der Waals surface area contributed by atoms with Gasteiger partial charge in [0.25, 0.3) is 0 Å². The van der Waals surface area contributed by atoms with Crippen LogP contribution < -0.4 is 9.47 Å². The fraction of sp³-hybridized carbons (Fsp3) is 0.545. The van der Waals surface area contributed by atoms with Crippen molar-refractivity contribution in [2.75, 3.05) is 33.5 Å². The zero-order valence-corrected chi connectivity index (χ0v) is 24.7. The van der Waals surface area contributed by atoms with Gasteiger partial charge in [-0.2, -0.15) is 5.10 Å². The first-order chi connectivity index (χ1) is 20.0. The molecule has 5 rings (SSSR count). The van der Waals surface area contributed by atoms with E-state index in [9.17, 15) is 4.79 Å². The summed E-state index contributed by atoms with van der Waals surface area (Å²) in [5.74, 6) is 1.55. The topological polar surface area (TPSA) is 84.7 Å². The zero-order chi connectivity index (χ0) is 28.6. The van der Waals surface area contributed by atoms with E-state index in [0.29, 0.717) is 31.4 Å².